The molecule has 14 heavy (non-hydrogen) atoms. The van der Waals surface area contributed by atoms with Crippen LogP contribution in [0.4, 0.5) is 13.2 Å². The Hall–Kier alpha value is -0.330. The summed E-state index contributed by atoms with van der Waals surface area (Å²) in [5, 5.41) is 0. The van der Waals surface area contributed by atoms with Crippen molar-refractivity contribution in [1.29, 1.82) is 0 Å². The first-order valence-corrected chi connectivity index (χ1v) is 4.63. The molecule has 0 fully saturated rings. The van der Waals surface area contributed by atoms with Crippen LogP contribution in [0.1, 0.15) is 13.8 Å². The Labute approximate surface area is 82.2 Å². The van der Waals surface area contributed by atoms with Gasteiger partial charge in [0.15, 0.2) is 6.61 Å². The monoisotopic (exact) mass is 214 g/mol. The first kappa shape index (κ1) is 13.7. The lowest BCUT2D eigenvalue weighted by atomic mass is 10.5. The predicted octanol–water partition coefficient (Wildman–Crippen LogP) is 1.41. The fourth-order valence-electron chi connectivity index (χ4n) is 0.949. The highest BCUT2D eigenvalue weighted by molar-refractivity contribution is 4.52. The van der Waals surface area contributed by atoms with Gasteiger partial charge in [-0.25, -0.2) is 5.48 Å². The molecule has 0 amide bonds. The molecule has 0 saturated carbocycles. The predicted molar refractivity (Wildman–Crippen MR) is 47.8 cm³/mol. The second-order valence-corrected chi connectivity index (χ2v) is 2.83. The molecule has 1 N–H and O–H groups in total. The van der Waals surface area contributed by atoms with E-state index in [1.54, 1.807) is 0 Å². The van der Waals surface area contributed by atoms with Crippen LogP contribution >= 0.6 is 0 Å². The van der Waals surface area contributed by atoms with E-state index in [1.165, 1.54) is 0 Å². The van der Waals surface area contributed by atoms with Gasteiger partial charge in [0.2, 0.25) is 0 Å². The first-order chi connectivity index (χ1) is 6.49. The standard InChI is InChI=1S/C8H17F3N2O/c1-3-13(4-2)6-5-12-14-7-8(9,10)11/h12H,3-7H2,1-2H3. The van der Waals surface area contributed by atoms with E-state index in [9.17, 15) is 13.2 Å². The van der Waals surface area contributed by atoms with Crippen LogP contribution in [-0.4, -0.2) is 43.9 Å². The number of alkyl halides is 3. The van der Waals surface area contributed by atoms with Crippen LogP contribution in [-0.2, 0) is 4.84 Å². The molecule has 0 bridgehead atoms. The van der Waals surface area contributed by atoms with E-state index in [4.69, 9.17) is 0 Å². The minimum atomic E-state index is -4.26. The highest BCUT2D eigenvalue weighted by Crippen LogP contribution is 2.13. The summed E-state index contributed by atoms with van der Waals surface area (Å²) in [4.78, 5) is 6.32. The molecule has 0 aromatic carbocycles. The summed E-state index contributed by atoms with van der Waals surface area (Å²) in [5.41, 5.74) is 2.28. The van der Waals surface area contributed by atoms with E-state index in [-0.39, 0.29) is 0 Å². The number of hydroxylamine groups is 1. The lowest BCUT2D eigenvalue weighted by Crippen LogP contribution is -2.33. The SMILES string of the molecule is CCN(CC)CCNOCC(F)(F)F. The Bertz CT molecular complexity index is 137. The van der Waals surface area contributed by atoms with Crippen molar-refractivity contribution in [3.63, 3.8) is 0 Å². The number of nitrogens with zero attached hydrogens (tertiary/aromatic N) is 1. The summed E-state index contributed by atoms with van der Waals surface area (Å²) < 4.78 is 34.8. The molecule has 0 unspecified atom stereocenters. The van der Waals surface area contributed by atoms with Crippen molar-refractivity contribution in [3.05, 3.63) is 0 Å². The smallest absolute Gasteiger partial charge is 0.303 e. The molecule has 0 radical (unpaired) electrons. The summed E-state index contributed by atoms with van der Waals surface area (Å²) in [6, 6.07) is 0. The van der Waals surface area contributed by atoms with E-state index >= 15 is 0 Å². The Morgan fingerprint density at radius 1 is 1.21 bits per heavy atom. The molecule has 86 valence electrons. The van der Waals surface area contributed by atoms with Crippen molar-refractivity contribution in [3.8, 4) is 0 Å². The van der Waals surface area contributed by atoms with Crippen LogP contribution in [0.5, 0.6) is 0 Å². The van der Waals surface area contributed by atoms with Crippen LogP contribution < -0.4 is 5.48 Å². The highest BCUT2D eigenvalue weighted by atomic mass is 19.4. The minimum absolute atomic E-state index is 0.401. The van der Waals surface area contributed by atoms with Gasteiger partial charge in [0, 0.05) is 13.1 Å². The number of likely N-dealkylation sites (N-methyl/N-ethyl adjacent to an activating group) is 1. The van der Waals surface area contributed by atoms with Crippen LogP contribution in [0.3, 0.4) is 0 Å². The molecule has 0 heterocycles. The molecule has 0 aliphatic heterocycles. The molecule has 0 aromatic heterocycles. The van der Waals surface area contributed by atoms with E-state index in [2.05, 4.69) is 15.2 Å². The summed E-state index contributed by atoms with van der Waals surface area (Å²) >= 11 is 0. The molecule has 3 nitrogen and oxygen atoms in total. The van der Waals surface area contributed by atoms with Crippen molar-refractivity contribution in [2.75, 3.05) is 32.8 Å². The zero-order chi connectivity index (χ0) is 11.0. The third kappa shape index (κ3) is 8.28. The van der Waals surface area contributed by atoms with Gasteiger partial charge < -0.3 is 4.90 Å². The third-order valence-electron chi connectivity index (χ3n) is 1.76. The molecule has 0 aromatic rings. The van der Waals surface area contributed by atoms with Crippen molar-refractivity contribution in [1.82, 2.24) is 10.4 Å². The van der Waals surface area contributed by atoms with E-state index in [0.29, 0.717) is 13.1 Å². The van der Waals surface area contributed by atoms with Crippen LogP contribution in [0.15, 0.2) is 0 Å². The second kappa shape index (κ2) is 7.03. The molecular weight excluding hydrogens is 197 g/mol. The van der Waals surface area contributed by atoms with Crippen molar-refractivity contribution in [2.24, 2.45) is 0 Å². The Morgan fingerprint density at radius 2 is 1.79 bits per heavy atom. The molecule has 0 spiro atoms. The lowest BCUT2D eigenvalue weighted by Gasteiger charge is -2.17. The van der Waals surface area contributed by atoms with Gasteiger partial charge in [-0.15, -0.1) is 0 Å². The number of nitrogens with one attached hydrogen (secondary N) is 1. The van der Waals surface area contributed by atoms with Crippen LogP contribution in [0.25, 0.3) is 0 Å². The fraction of sp³-hybridized carbons (Fsp3) is 1.00. The van der Waals surface area contributed by atoms with E-state index in [1.807, 2.05) is 13.8 Å². The van der Waals surface area contributed by atoms with Gasteiger partial charge >= 0.3 is 6.18 Å². The maximum atomic E-state index is 11.6. The van der Waals surface area contributed by atoms with Gasteiger partial charge in [0.1, 0.15) is 0 Å². The van der Waals surface area contributed by atoms with E-state index in [0.717, 1.165) is 13.1 Å². The van der Waals surface area contributed by atoms with Gasteiger partial charge in [-0.2, -0.15) is 13.2 Å². The topological polar surface area (TPSA) is 24.5 Å². The fourth-order valence-corrected chi connectivity index (χ4v) is 0.949. The zero-order valence-electron chi connectivity index (χ0n) is 8.52. The first-order valence-electron chi connectivity index (χ1n) is 4.63. The number of rotatable bonds is 7. The van der Waals surface area contributed by atoms with Gasteiger partial charge in [0.05, 0.1) is 0 Å². The summed E-state index contributed by atoms with van der Waals surface area (Å²) in [5.74, 6) is 0. The van der Waals surface area contributed by atoms with Gasteiger partial charge in [-0.3, -0.25) is 4.84 Å². The van der Waals surface area contributed by atoms with Crippen molar-refractivity contribution in [2.45, 2.75) is 20.0 Å². The normalized spacial score (nSPS) is 12.4. The highest BCUT2D eigenvalue weighted by Gasteiger charge is 2.27. The largest absolute Gasteiger partial charge is 0.413 e. The summed E-state index contributed by atoms with van der Waals surface area (Å²) in [7, 11) is 0. The number of halogens is 3. The average molecular weight is 214 g/mol. The Balaban J connectivity index is 3.29. The quantitative estimate of drug-likeness (QED) is 0.512. The summed E-state index contributed by atoms with van der Waals surface area (Å²) in [6.07, 6.45) is -4.26. The minimum Gasteiger partial charge on any atom is -0.303 e. The molecule has 0 atom stereocenters. The van der Waals surface area contributed by atoms with Crippen molar-refractivity contribution >= 4 is 0 Å². The molecule has 0 saturated heterocycles. The average Bonchev–Trinajstić information content (AvgIpc) is 2.09. The summed E-state index contributed by atoms with van der Waals surface area (Å²) in [6.45, 7) is 5.61. The Morgan fingerprint density at radius 3 is 2.21 bits per heavy atom. The molecule has 0 rings (SSSR count). The lowest BCUT2D eigenvalue weighted by molar-refractivity contribution is -0.189. The number of hydrogen-bond acceptors (Lipinski definition) is 3. The van der Waals surface area contributed by atoms with Crippen LogP contribution in [0, 0.1) is 0 Å². The maximum absolute atomic E-state index is 11.6. The second-order valence-electron chi connectivity index (χ2n) is 2.83. The van der Waals surface area contributed by atoms with Gasteiger partial charge in [-0.1, -0.05) is 13.8 Å². The Kier molecular flexibility index (Phi) is 6.86. The van der Waals surface area contributed by atoms with E-state index < -0.39 is 12.8 Å². The molecule has 0 aliphatic rings. The maximum Gasteiger partial charge on any atom is 0.413 e. The molecular formula is C8H17F3N2O. The zero-order valence-corrected chi connectivity index (χ0v) is 8.52. The van der Waals surface area contributed by atoms with Gasteiger partial charge in [0.25, 0.3) is 0 Å². The number of hydrogen-bond donors (Lipinski definition) is 1. The van der Waals surface area contributed by atoms with Crippen molar-refractivity contribution < 1.29 is 18.0 Å². The molecule has 0 aliphatic carbocycles. The molecule has 6 heteroatoms. The third-order valence-corrected chi connectivity index (χ3v) is 1.76. The van der Waals surface area contributed by atoms with Gasteiger partial charge in [-0.05, 0) is 13.1 Å². The van der Waals surface area contributed by atoms with Crippen LogP contribution in [0.2, 0.25) is 0 Å².